The Morgan fingerprint density at radius 1 is 1.27 bits per heavy atom. The lowest BCUT2D eigenvalue weighted by Crippen LogP contribution is -2.45. The van der Waals surface area contributed by atoms with Gasteiger partial charge in [-0.05, 0) is 81.7 Å². The van der Waals surface area contributed by atoms with E-state index in [4.69, 9.17) is 4.74 Å². The fraction of sp³-hybridized carbons (Fsp3) is 0.333. The zero-order valence-electron chi connectivity index (χ0n) is 18.3. The van der Waals surface area contributed by atoms with Crippen LogP contribution in [0, 0.1) is 6.92 Å². The number of benzene rings is 2. The van der Waals surface area contributed by atoms with Crippen LogP contribution < -0.4 is 15.1 Å². The Morgan fingerprint density at radius 3 is 2.67 bits per heavy atom. The van der Waals surface area contributed by atoms with Crippen molar-refractivity contribution in [3.63, 3.8) is 0 Å². The van der Waals surface area contributed by atoms with Crippen LogP contribution in [-0.4, -0.2) is 31.3 Å². The molecule has 1 aliphatic rings. The van der Waals surface area contributed by atoms with Gasteiger partial charge in [0.25, 0.3) is 5.91 Å². The SMILES string of the molecule is CCN1c2cc(C)c(/C=N\NC(=O)c3cc(Br)ccc3OC)cc2C(C)=CC1(C)C. The van der Waals surface area contributed by atoms with Crippen LogP contribution in [0.15, 0.2) is 46.0 Å². The summed E-state index contributed by atoms with van der Waals surface area (Å²) in [5.41, 5.74) is 8.76. The van der Waals surface area contributed by atoms with Crippen LogP contribution in [0.5, 0.6) is 5.75 Å². The number of nitrogens with one attached hydrogen (secondary N) is 1. The number of carbonyl (C=O) groups is 1. The van der Waals surface area contributed by atoms with E-state index in [0.717, 1.165) is 22.1 Å². The zero-order chi connectivity index (χ0) is 22.1. The second-order valence-electron chi connectivity index (χ2n) is 7.99. The highest BCUT2D eigenvalue weighted by molar-refractivity contribution is 9.10. The number of nitrogens with zero attached hydrogens (tertiary/aromatic N) is 2. The smallest absolute Gasteiger partial charge is 0.275 e. The van der Waals surface area contributed by atoms with E-state index in [9.17, 15) is 4.79 Å². The van der Waals surface area contributed by atoms with Crippen LogP contribution in [-0.2, 0) is 0 Å². The first-order valence-electron chi connectivity index (χ1n) is 9.97. The molecule has 1 aliphatic heterocycles. The lowest BCUT2D eigenvalue weighted by molar-refractivity contribution is 0.0952. The van der Waals surface area contributed by atoms with Crippen molar-refractivity contribution >= 4 is 39.3 Å². The number of amides is 1. The molecule has 2 aromatic carbocycles. The summed E-state index contributed by atoms with van der Waals surface area (Å²) < 4.78 is 6.07. The van der Waals surface area contributed by atoms with Crippen molar-refractivity contribution in [2.45, 2.75) is 40.2 Å². The molecule has 0 radical (unpaired) electrons. The molecule has 158 valence electrons. The van der Waals surface area contributed by atoms with Gasteiger partial charge in [-0.15, -0.1) is 0 Å². The number of carbonyl (C=O) groups excluding carboxylic acids is 1. The highest BCUT2D eigenvalue weighted by atomic mass is 79.9. The summed E-state index contributed by atoms with van der Waals surface area (Å²) in [4.78, 5) is 15.0. The molecule has 0 aliphatic carbocycles. The first-order chi connectivity index (χ1) is 14.2. The number of rotatable bonds is 5. The molecule has 1 N–H and O–H groups in total. The molecule has 0 atom stereocenters. The Hall–Kier alpha value is -2.60. The maximum absolute atomic E-state index is 12.5. The van der Waals surface area contributed by atoms with Crippen molar-refractivity contribution in [1.82, 2.24) is 5.43 Å². The maximum Gasteiger partial charge on any atom is 0.275 e. The second kappa shape index (κ2) is 8.64. The van der Waals surface area contributed by atoms with E-state index in [0.29, 0.717) is 11.3 Å². The van der Waals surface area contributed by atoms with Crippen LogP contribution in [0.1, 0.15) is 54.7 Å². The molecule has 1 amide bonds. The summed E-state index contributed by atoms with van der Waals surface area (Å²) in [5, 5.41) is 4.20. The molecule has 6 heteroatoms. The average Bonchev–Trinajstić information content (AvgIpc) is 2.68. The third kappa shape index (κ3) is 4.29. The number of allylic oxidation sites excluding steroid dienone is 1. The molecular formula is C24H28BrN3O2. The van der Waals surface area contributed by atoms with Gasteiger partial charge in [-0.2, -0.15) is 5.10 Å². The van der Waals surface area contributed by atoms with Gasteiger partial charge in [-0.25, -0.2) is 5.43 Å². The quantitative estimate of drug-likeness (QED) is 0.461. The molecule has 0 bridgehead atoms. The highest BCUT2D eigenvalue weighted by Gasteiger charge is 2.30. The van der Waals surface area contributed by atoms with Crippen molar-refractivity contribution < 1.29 is 9.53 Å². The Balaban J connectivity index is 1.87. The summed E-state index contributed by atoms with van der Waals surface area (Å²) in [5.74, 6) is 0.175. The first kappa shape index (κ1) is 22.1. The van der Waals surface area contributed by atoms with Crippen LogP contribution in [0.4, 0.5) is 5.69 Å². The number of hydrazone groups is 1. The van der Waals surface area contributed by atoms with E-state index in [-0.39, 0.29) is 11.4 Å². The number of hydrogen-bond donors (Lipinski definition) is 1. The third-order valence-corrected chi connectivity index (χ3v) is 5.95. The minimum atomic E-state index is -0.324. The number of hydrogen-bond acceptors (Lipinski definition) is 4. The molecule has 3 rings (SSSR count). The molecule has 0 unspecified atom stereocenters. The number of ether oxygens (including phenoxy) is 1. The monoisotopic (exact) mass is 469 g/mol. The predicted octanol–water partition coefficient (Wildman–Crippen LogP) is 5.55. The summed E-state index contributed by atoms with van der Waals surface area (Å²) in [6, 6.07) is 9.63. The molecule has 0 fully saturated rings. The van der Waals surface area contributed by atoms with E-state index in [1.807, 2.05) is 6.07 Å². The Labute approximate surface area is 186 Å². The van der Waals surface area contributed by atoms with Gasteiger partial charge < -0.3 is 9.64 Å². The van der Waals surface area contributed by atoms with Crippen molar-refractivity contribution in [2.75, 3.05) is 18.6 Å². The van der Waals surface area contributed by atoms with Gasteiger partial charge in [-0.3, -0.25) is 4.79 Å². The zero-order valence-corrected chi connectivity index (χ0v) is 19.9. The van der Waals surface area contributed by atoms with Gasteiger partial charge in [0.1, 0.15) is 5.75 Å². The Bertz CT molecular complexity index is 1040. The van der Waals surface area contributed by atoms with Crippen molar-refractivity contribution in [2.24, 2.45) is 5.10 Å². The van der Waals surface area contributed by atoms with Gasteiger partial charge in [0.2, 0.25) is 0 Å². The third-order valence-electron chi connectivity index (χ3n) is 5.46. The van der Waals surface area contributed by atoms with E-state index in [2.05, 4.69) is 84.2 Å². The Kier molecular flexibility index (Phi) is 6.36. The molecule has 1 heterocycles. The molecule has 5 nitrogen and oxygen atoms in total. The fourth-order valence-corrected chi connectivity index (χ4v) is 4.40. The van der Waals surface area contributed by atoms with Crippen molar-refractivity contribution in [3.8, 4) is 5.75 Å². The normalized spacial score (nSPS) is 15.0. The van der Waals surface area contributed by atoms with Crippen LogP contribution in [0.25, 0.3) is 5.57 Å². The molecule has 2 aromatic rings. The van der Waals surface area contributed by atoms with Crippen molar-refractivity contribution in [3.05, 3.63) is 63.1 Å². The predicted molar refractivity (Wildman–Crippen MR) is 128 cm³/mol. The summed E-state index contributed by atoms with van der Waals surface area (Å²) in [7, 11) is 1.54. The molecule has 0 saturated heterocycles. The molecule has 30 heavy (non-hydrogen) atoms. The van der Waals surface area contributed by atoms with E-state index in [1.165, 1.54) is 23.9 Å². The first-order valence-corrected chi connectivity index (χ1v) is 10.8. The molecular weight excluding hydrogens is 442 g/mol. The number of fused-ring (bicyclic) bond motifs is 1. The van der Waals surface area contributed by atoms with Crippen LogP contribution >= 0.6 is 15.9 Å². The van der Waals surface area contributed by atoms with Gasteiger partial charge >= 0.3 is 0 Å². The van der Waals surface area contributed by atoms with Crippen LogP contribution in [0.3, 0.4) is 0 Å². The van der Waals surface area contributed by atoms with E-state index < -0.39 is 0 Å². The number of halogens is 1. The largest absolute Gasteiger partial charge is 0.496 e. The standard InChI is InChI=1S/C24H28BrN3O2/c1-7-28-21-10-15(2)17(11-19(21)16(3)13-24(28,4)5)14-26-27-23(29)20-12-18(25)8-9-22(20)30-6/h8-14H,7H2,1-6H3,(H,27,29)/b26-14-. The lowest BCUT2D eigenvalue weighted by atomic mass is 9.87. The molecule has 0 aromatic heterocycles. The second-order valence-corrected chi connectivity index (χ2v) is 8.91. The topological polar surface area (TPSA) is 53.9 Å². The maximum atomic E-state index is 12.5. The Morgan fingerprint density at radius 2 is 2.00 bits per heavy atom. The highest BCUT2D eigenvalue weighted by Crippen LogP contribution is 2.39. The number of anilines is 1. The van der Waals surface area contributed by atoms with Gasteiger partial charge in [-0.1, -0.05) is 22.0 Å². The molecule has 0 spiro atoms. The fourth-order valence-electron chi connectivity index (χ4n) is 4.04. The summed E-state index contributed by atoms with van der Waals surface area (Å²) in [6.45, 7) is 11.8. The average molecular weight is 470 g/mol. The van der Waals surface area contributed by atoms with Gasteiger partial charge in [0.15, 0.2) is 0 Å². The van der Waals surface area contributed by atoms with Crippen LogP contribution in [0.2, 0.25) is 0 Å². The minimum absolute atomic E-state index is 0.0229. The summed E-state index contributed by atoms with van der Waals surface area (Å²) in [6.07, 6.45) is 4.00. The minimum Gasteiger partial charge on any atom is -0.496 e. The van der Waals surface area contributed by atoms with Gasteiger partial charge in [0.05, 0.1) is 24.4 Å². The van der Waals surface area contributed by atoms with Gasteiger partial charge in [0, 0.05) is 22.3 Å². The van der Waals surface area contributed by atoms with E-state index in [1.54, 1.807) is 18.3 Å². The van der Waals surface area contributed by atoms with E-state index >= 15 is 0 Å². The van der Waals surface area contributed by atoms with Crippen molar-refractivity contribution in [1.29, 1.82) is 0 Å². The number of likely N-dealkylation sites (N-methyl/N-ethyl adjacent to an activating group) is 1. The number of methoxy groups -OCH3 is 1. The summed E-state index contributed by atoms with van der Waals surface area (Å²) >= 11 is 3.38. The number of aryl methyl sites for hydroxylation is 1. The molecule has 0 saturated carbocycles. The lowest BCUT2D eigenvalue weighted by Gasteiger charge is -2.43.